The lowest BCUT2D eigenvalue weighted by atomic mass is 9.83. The van der Waals surface area contributed by atoms with Crippen LogP contribution in [-0.4, -0.2) is 26.3 Å². The van der Waals surface area contributed by atoms with Gasteiger partial charge in [0.15, 0.2) is 0 Å². The highest BCUT2D eigenvalue weighted by Gasteiger charge is 2.35. The van der Waals surface area contributed by atoms with Gasteiger partial charge < -0.3 is 9.77 Å². The van der Waals surface area contributed by atoms with Crippen molar-refractivity contribution >= 4 is 11.5 Å². The molecule has 0 spiro atoms. The molecular weight excluding hydrogens is 218 g/mol. The molecule has 0 fully saturated rings. The number of imidazole rings is 1. The number of aromatic nitrogens is 2. The fourth-order valence-corrected chi connectivity index (χ4v) is 2.34. The number of hydrogen-bond donors (Lipinski definition) is 1. The summed E-state index contributed by atoms with van der Waals surface area (Å²) >= 11 is 0. The first-order chi connectivity index (χ1) is 8.24. The van der Waals surface area contributed by atoms with Gasteiger partial charge in [-0.1, -0.05) is 17.3 Å². The smallest absolute Gasteiger partial charge is 0.212 e. The van der Waals surface area contributed by atoms with E-state index in [9.17, 15) is 4.79 Å². The van der Waals surface area contributed by atoms with Crippen LogP contribution in [0.15, 0.2) is 34.8 Å². The van der Waals surface area contributed by atoms with E-state index in [1.165, 1.54) is 0 Å². The molecule has 3 rings (SSSR count). The van der Waals surface area contributed by atoms with E-state index in [4.69, 9.17) is 5.21 Å². The van der Waals surface area contributed by atoms with Crippen molar-refractivity contribution in [2.75, 3.05) is 0 Å². The molecule has 0 aliphatic heterocycles. The van der Waals surface area contributed by atoms with Crippen LogP contribution in [0.25, 0.3) is 0 Å². The van der Waals surface area contributed by atoms with Gasteiger partial charge in [0.05, 0.1) is 6.33 Å². The van der Waals surface area contributed by atoms with Crippen LogP contribution in [0.1, 0.15) is 29.0 Å². The third-order valence-electron chi connectivity index (χ3n) is 3.13. The molecule has 2 aliphatic rings. The second-order valence-electron chi connectivity index (χ2n) is 4.14. The Morgan fingerprint density at radius 1 is 1.35 bits per heavy atom. The van der Waals surface area contributed by atoms with Crippen LogP contribution in [0, 0.1) is 0 Å². The van der Waals surface area contributed by atoms with Gasteiger partial charge in [-0.15, -0.1) is 0 Å². The SMILES string of the molecule is Cn1cnc2c1C(=O)C1=CCCC=C1C2=NO. The lowest BCUT2D eigenvalue weighted by Gasteiger charge is -2.21. The normalized spacial score (nSPS) is 20.8. The van der Waals surface area contributed by atoms with Crippen molar-refractivity contribution in [3.63, 3.8) is 0 Å². The summed E-state index contributed by atoms with van der Waals surface area (Å²) in [4.78, 5) is 16.4. The predicted molar refractivity (Wildman–Crippen MR) is 61.3 cm³/mol. The van der Waals surface area contributed by atoms with Crippen molar-refractivity contribution in [3.8, 4) is 0 Å². The average Bonchev–Trinajstić information content (AvgIpc) is 2.73. The van der Waals surface area contributed by atoms with Crippen molar-refractivity contribution in [3.05, 3.63) is 41.0 Å². The predicted octanol–water partition coefficient (Wildman–Crippen LogP) is 1.44. The summed E-state index contributed by atoms with van der Waals surface area (Å²) in [6, 6.07) is 0. The third kappa shape index (κ3) is 1.22. The van der Waals surface area contributed by atoms with Gasteiger partial charge in [0.25, 0.3) is 0 Å². The number of Topliss-reactive ketones (excluding diaryl/α,β-unsaturated/α-hetero) is 1. The van der Waals surface area contributed by atoms with Crippen LogP contribution in [0.3, 0.4) is 0 Å². The molecule has 5 heteroatoms. The van der Waals surface area contributed by atoms with E-state index in [-0.39, 0.29) is 5.78 Å². The van der Waals surface area contributed by atoms with Crippen LogP contribution >= 0.6 is 0 Å². The molecule has 1 N–H and O–H groups in total. The Morgan fingerprint density at radius 3 is 2.76 bits per heavy atom. The van der Waals surface area contributed by atoms with Crippen LogP contribution in [0.5, 0.6) is 0 Å². The number of rotatable bonds is 0. The molecule has 1 heterocycles. The van der Waals surface area contributed by atoms with E-state index in [0.717, 1.165) is 12.8 Å². The number of aryl methyl sites for hydroxylation is 1. The molecule has 0 saturated heterocycles. The van der Waals surface area contributed by atoms with Gasteiger partial charge in [0.1, 0.15) is 17.1 Å². The van der Waals surface area contributed by atoms with E-state index in [1.807, 2.05) is 12.2 Å². The standard InChI is InChI=1S/C12H11N3O2/c1-15-6-13-10-9(14-17)7-4-2-3-5-8(7)12(16)11(10)15/h4-6,17H,2-3H2,1H3. The molecule has 17 heavy (non-hydrogen) atoms. The van der Waals surface area contributed by atoms with Crippen LogP contribution in [-0.2, 0) is 7.05 Å². The average molecular weight is 229 g/mol. The van der Waals surface area contributed by atoms with Crippen LogP contribution in [0.4, 0.5) is 0 Å². The first kappa shape index (κ1) is 10.0. The van der Waals surface area contributed by atoms with Gasteiger partial charge >= 0.3 is 0 Å². The Labute approximate surface area is 97.8 Å². The summed E-state index contributed by atoms with van der Waals surface area (Å²) in [7, 11) is 1.76. The second-order valence-corrected chi connectivity index (χ2v) is 4.14. The molecular formula is C12H11N3O2. The number of fused-ring (bicyclic) bond motifs is 2. The van der Waals surface area contributed by atoms with Crippen molar-refractivity contribution in [2.24, 2.45) is 12.2 Å². The zero-order valence-electron chi connectivity index (χ0n) is 9.34. The lowest BCUT2D eigenvalue weighted by Crippen LogP contribution is -2.26. The van der Waals surface area contributed by atoms with Gasteiger partial charge in [-0.2, -0.15) is 0 Å². The first-order valence-corrected chi connectivity index (χ1v) is 5.43. The third-order valence-corrected chi connectivity index (χ3v) is 3.13. The van der Waals surface area contributed by atoms with Crippen LogP contribution in [0.2, 0.25) is 0 Å². The summed E-state index contributed by atoms with van der Waals surface area (Å²) in [6.45, 7) is 0. The van der Waals surface area contributed by atoms with E-state index in [2.05, 4.69) is 10.1 Å². The zero-order valence-corrected chi connectivity index (χ0v) is 9.34. The van der Waals surface area contributed by atoms with Crippen LogP contribution < -0.4 is 0 Å². The lowest BCUT2D eigenvalue weighted by molar-refractivity contribution is 0.102. The number of allylic oxidation sites excluding steroid dienone is 4. The van der Waals surface area contributed by atoms with Gasteiger partial charge in [0.2, 0.25) is 5.78 Å². The highest BCUT2D eigenvalue weighted by atomic mass is 16.4. The molecule has 1 aromatic heterocycles. The Kier molecular flexibility index (Phi) is 2.01. The van der Waals surface area contributed by atoms with E-state index in [1.54, 1.807) is 17.9 Å². The number of oxime groups is 1. The monoisotopic (exact) mass is 229 g/mol. The molecule has 0 aromatic carbocycles. The number of carbonyl (C=O) groups is 1. The van der Waals surface area contributed by atoms with Crippen molar-refractivity contribution in [1.29, 1.82) is 0 Å². The minimum absolute atomic E-state index is 0.0432. The summed E-state index contributed by atoms with van der Waals surface area (Å²) in [5, 5.41) is 12.4. The Hall–Kier alpha value is -2.17. The summed E-state index contributed by atoms with van der Waals surface area (Å²) in [6.07, 6.45) is 7.09. The molecule has 2 aliphatic carbocycles. The zero-order chi connectivity index (χ0) is 12.0. The molecule has 5 nitrogen and oxygen atoms in total. The second kappa shape index (κ2) is 3.41. The van der Waals surface area contributed by atoms with Crippen molar-refractivity contribution < 1.29 is 10.0 Å². The topological polar surface area (TPSA) is 67.5 Å². The molecule has 0 amide bonds. The quantitative estimate of drug-likeness (QED) is 0.540. The first-order valence-electron chi connectivity index (χ1n) is 5.43. The van der Waals surface area contributed by atoms with E-state index in [0.29, 0.717) is 28.2 Å². The van der Waals surface area contributed by atoms with Gasteiger partial charge in [0, 0.05) is 18.2 Å². The fraction of sp³-hybridized carbons (Fsp3) is 0.250. The Bertz CT molecular complexity index is 605. The molecule has 0 atom stereocenters. The van der Waals surface area contributed by atoms with Gasteiger partial charge in [-0.25, -0.2) is 4.98 Å². The number of hydrogen-bond acceptors (Lipinski definition) is 4. The van der Waals surface area contributed by atoms with Gasteiger partial charge in [-0.05, 0) is 12.8 Å². The maximum absolute atomic E-state index is 12.3. The van der Waals surface area contributed by atoms with Crippen molar-refractivity contribution in [1.82, 2.24) is 9.55 Å². The maximum atomic E-state index is 12.3. The molecule has 86 valence electrons. The van der Waals surface area contributed by atoms with Crippen molar-refractivity contribution in [2.45, 2.75) is 12.8 Å². The van der Waals surface area contributed by atoms with Gasteiger partial charge in [-0.3, -0.25) is 4.79 Å². The molecule has 0 radical (unpaired) electrons. The summed E-state index contributed by atoms with van der Waals surface area (Å²) in [5.41, 5.74) is 2.68. The summed E-state index contributed by atoms with van der Waals surface area (Å²) < 4.78 is 1.66. The molecule has 0 bridgehead atoms. The fourth-order valence-electron chi connectivity index (χ4n) is 2.34. The minimum Gasteiger partial charge on any atom is -0.410 e. The molecule has 1 aromatic rings. The highest BCUT2D eigenvalue weighted by Crippen LogP contribution is 2.32. The largest absolute Gasteiger partial charge is 0.410 e. The highest BCUT2D eigenvalue weighted by molar-refractivity contribution is 6.31. The van der Waals surface area contributed by atoms with E-state index >= 15 is 0 Å². The minimum atomic E-state index is -0.0432. The maximum Gasteiger partial charge on any atom is 0.212 e. The number of nitrogens with zero attached hydrogens (tertiary/aromatic N) is 3. The Balaban J connectivity index is 2.33. The Morgan fingerprint density at radius 2 is 2.06 bits per heavy atom. The summed E-state index contributed by atoms with van der Waals surface area (Å²) in [5.74, 6) is -0.0432. The number of ketones is 1. The molecule has 0 saturated carbocycles. The molecule has 0 unspecified atom stereocenters. The van der Waals surface area contributed by atoms with E-state index < -0.39 is 0 Å². The number of carbonyl (C=O) groups excluding carboxylic acids is 1.